The third kappa shape index (κ3) is 5.52. The number of aryl methyl sites for hydroxylation is 1. The maximum Gasteiger partial charge on any atom is 0.308 e. The lowest BCUT2D eigenvalue weighted by Crippen LogP contribution is -2.32. The van der Waals surface area contributed by atoms with Gasteiger partial charge in [-0.1, -0.05) is 13.3 Å². The third-order valence-electron chi connectivity index (χ3n) is 3.72. The largest absolute Gasteiger partial charge is 0.486 e. The molecular formula is C18H21FN2O4S. The lowest BCUT2D eigenvalue weighted by Gasteiger charge is -2.11. The van der Waals surface area contributed by atoms with Gasteiger partial charge in [0.15, 0.2) is 0 Å². The van der Waals surface area contributed by atoms with Crippen LogP contribution in [0.4, 0.5) is 4.39 Å². The van der Waals surface area contributed by atoms with E-state index >= 15 is 0 Å². The number of nitrogens with one attached hydrogen (secondary N) is 1. The van der Waals surface area contributed by atoms with Crippen LogP contribution in [0.1, 0.15) is 40.1 Å². The van der Waals surface area contributed by atoms with E-state index in [1.807, 2.05) is 6.92 Å². The van der Waals surface area contributed by atoms with E-state index in [1.54, 1.807) is 6.92 Å². The molecule has 1 aromatic carbocycles. The SMILES string of the molecule is CCCC(CNC(=O)c1sc(COc2ccc(F)cc2)nc1C)C(=O)O. The first-order chi connectivity index (χ1) is 12.4. The number of aliphatic carboxylic acids is 1. The Morgan fingerprint density at radius 1 is 1.35 bits per heavy atom. The molecule has 2 aromatic rings. The molecule has 0 aliphatic carbocycles. The zero-order valence-electron chi connectivity index (χ0n) is 14.6. The number of nitrogens with zero attached hydrogens (tertiary/aromatic N) is 1. The monoisotopic (exact) mass is 380 g/mol. The van der Waals surface area contributed by atoms with E-state index in [0.717, 1.165) is 6.42 Å². The lowest BCUT2D eigenvalue weighted by atomic mass is 10.0. The van der Waals surface area contributed by atoms with Gasteiger partial charge < -0.3 is 15.2 Å². The smallest absolute Gasteiger partial charge is 0.308 e. The molecule has 2 rings (SSSR count). The number of carbonyl (C=O) groups excluding carboxylic acids is 1. The average Bonchev–Trinajstić information content (AvgIpc) is 2.98. The molecule has 2 N–H and O–H groups in total. The molecule has 8 heteroatoms. The highest BCUT2D eigenvalue weighted by Gasteiger charge is 2.20. The fraction of sp³-hybridized carbons (Fsp3) is 0.389. The Hall–Kier alpha value is -2.48. The van der Waals surface area contributed by atoms with Gasteiger partial charge in [0.25, 0.3) is 5.91 Å². The minimum Gasteiger partial charge on any atom is -0.486 e. The summed E-state index contributed by atoms with van der Waals surface area (Å²) in [5, 5.41) is 12.4. The van der Waals surface area contributed by atoms with Crippen molar-refractivity contribution < 1.29 is 23.8 Å². The summed E-state index contributed by atoms with van der Waals surface area (Å²) in [6.07, 6.45) is 1.24. The molecule has 6 nitrogen and oxygen atoms in total. The van der Waals surface area contributed by atoms with Gasteiger partial charge in [0.1, 0.15) is 28.1 Å². The molecule has 0 saturated heterocycles. The number of carboxylic acid groups (broad SMARTS) is 1. The van der Waals surface area contributed by atoms with Crippen molar-refractivity contribution in [3.63, 3.8) is 0 Å². The number of carboxylic acids is 1. The highest BCUT2D eigenvalue weighted by atomic mass is 32.1. The molecule has 1 heterocycles. The molecule has 0 radical (unpaired) electrons. The number of ether oxygens (including phenoxy) is 1. The maximum absolute atomic E-state index is 12.9. The summed E-state index contributed by atoms with van der Waals surface area (Å²) in [6.45, 7) is 3.87. The molecule has 26 heavy (non-hydrogen) atoms. The van der Waals surface area contributed by atoms with E-state index in [1.165, 1.54) is 35.6 Å². The second-order valence-electron chi connectivity index (χ2n) is 5.80. The van der Waals surface area contributed by atoms with Crippen molar-refractivity contribution in [2.24, 2.45) is 5.92 Å². The van der Waals surface area contributed by atoms with Gasteiger partial charge in [-0.15, -0.1) is 11.3 Å². The molecular weight excluding hydrogens is 359 g/mol. The summed E-state index contributed by atoms with van der Waals surface area (Å²) in [4.78, 5) is 28.2. The van der Waals surface area contributed by atoms with Gasteiger partial charge in [0, 0.05) is 6.54 Å². The van der Waals surface area contributed by atoms with E-state index < -0.39 is 11.9 Å². The standard InChI is InChI=1S/C18H21FN2O4S/c1-3-4-12(18(23)24)9-20-17(22)16-11(2)21-15(26-16)10-25-14-7-5-13(19)6-8-14/h5-8,12H,3-4,9-10H2,1-2H3,(H,20,22)(H,23,24). The van der Waals surface area contributed by atoms with Gasteiger partial charge in [0.2, 0.25) is 0 Å². The second kappa shape index (κ2) is 9.28. The predicted octanol–water partition coefficient (Wildman–Crippen LogP) is 3.40. The quantitative estimate of drug-likeness (QED) is 0.696. The van der Waals surface area contributed by atoms with E-state index in [9.17, 15) is 14.0 Å². The predicted molar refractivity (Wildman–Crippen MR) is 96.0 cm³/mol. The Morgan fingerprint density at radius 2 is 2.04 bits per heavy atom. The first-order valence-electron chi connectivity index (χ1n) is 8.26. The number of rotatable bonds is 9. The van der Waals surface area contributed by atoms with Gasteiger partial charge in [-0.05, 0) is 37.6 Å². The van der Waals surface area contributed by atoms with Crippen LogP contribution < -0.4 is 10.1 Å². The number of aromatic nitrogens is 1. The highest BCUT2D eigenvalue weighted by molar-refractivity contribution is 7.13. The Kier molecular flexibility index (Phi) is 7.08. The van der Waals surface area contributed by atoms with Gasteiger partial charge in [-0.3, -0.25) is 9.59 Å². The van der Waals surface area contributed by atoms with Gasteiger partial charge >= 0.3 is 5.97 Å². The first-order valence-corrected chi connectivity index (χ1v) is 9.08. The van der Waals surface area contributed by atoms with Gasteiger partial charge in [-0.2, -0.15) is 0 Å². The van der Waals surface area contributed by atoms with Crippen molar-refractivity contribution in [3.05, 3.63) is 45.7 Å². The molecule has 1 amide bonds. The number of halogens is 1. The molecule has 1 unspecified atom stereocenters. The van der Waals surface area contributed by atoms with Crippen LogP contribution in [-0.2, 0) is 11.4 Å². The van der Waals surface area contributed by atoms with Crippen LogP contribution >= 0.6 is 11.3 Å². The van der Waals surface area contributed by atoms with Crippen LogP contribution in [0.25, 0.3) is 0 Å². The molecule has 1 atom stereocenters. The summed E-state index contributed by atoms with van der Waals surface area (Å²) >= 11 is 1.19. The number of thiazole rings is 1. The van der Waals surface area contributed by atoms with Crippen LogP contribution in [0.2, 0.25) is 0 Å². The number of hydrogen-bond acceptors (Lipinski definition) is 5. The van der Waals surface area contributed by atoms with Crippen LogP contribution in [-0.4, -0.2) is 28.5 Å². The zero-order chi connectivity index (χ0) is 19.1. The Labute approximate surface area is 155 Å². The summed E-state index contributed by atoms with van der Waals surface area (Å²) in [6, 6.07) is 5.64. The fourth-order valence-electron chi connectivity index (χ4n) is 2.36. The van der Waals surface area contributed by atoms with Crippen molar-refractivity contribution in [2.75, 3.05) is 6.54 Å². The lowest BCUT2D eigenvalue weighted by molar-refractivity contribution is -0.141. The molecule has 1 aromatic heterocycles. The van der Waals surface area contributed by atoms with E-state index in [2.05, 4.69) is 10.3 Å². The maximum atomic E-state index is 12.9. The Bertz CT molecular complexity index is 761. The average molecular weight is 380 g/mol. The summed E-state index contributed by atoms with van der Waals surface area (Å²) in [5.74, 6) is -1.69. The Morgan fingerprint density at radius 3 is 2.65 bits per heavy atom. The van der Waals surface area contributed by atoms with Crippen molar-refractivity contribution >= 4 is 23.2 Å². The third-order valence-corrected chi connectivity index (χ3v) is 4.85. The van der Waals surface area contributed by atoms with Crippen molar-refractivity contribution in [1.82, 2.24) is 10.3 Å². The van der Waals surface area contributed by atoms with E-state index in [0.29, 0.717) is 27.7 Å². The fourth-order valence-corrected chi connectivity index (χ4v) is 3.25. The van der Waals surface area contributed by atoms with Gasteiger partial charge in [0.05, 0.1) is 11.6 Å². The Balaban J connectivity index is 1.94. The number of hydrogen-bond donors (Lipinski definition) is 2. The molecule has 0 bridgehead atoms. The van der Waals surface area contributed by atoms with Crippen LogP contribution in [0.3, 0.4) is 0 Å². The highest BCUT2D eigenvalue weighted by Crippen LogP contribution is 2.20. The second-order valence-corrected chi connectivity index (χ2v) is 6.88. The zero-order valence-corrected chi connectivity index (χ0v) is 15.4. The molecule has 0 fully saturated rings. The number of carbonyl (C=O) groups is 2. The summed E-state index contributed by atoms with van der Waals surface area (Å²) in [7, 11) is 0. The molecule has 0 saturated carbocycles. The van der Waals surface area contributed by atoms with Gasteiger partial charge in [-0.25, -0.2) is 9.37 Å². The molecule has 0 aliphatic rings. The van der Waals surface area contributed by atoms with Crippen molar-refractivity contribution in [3.8, 4) is 5.75 Å². The normalized spacial score (nSPS) is 11.8. The van der Waals surface area contributed by atoms with Crippen LogP contribution in [0, 0.1) is 18.7 Å². The van der Waals surface area contributed by atoms with Crippen molar-refractivity contribution in [2.45, 2.75) is 33.3 Å². The van der Waals surface area contributed by atoms with Crippen molar-refractivity contribution in [1.29, 1.82) is 0 Å². The first kappa shape index (κ1) is 19.8. The molecule has 0 spiro atoms. The number of benzene rings is 1. The van der Waals surface area contributed by atoms with E-state index in [4.69, 9.17) is 9.84 Å². The van der Waals surface area contributed by atoms with Crippen LogP contribution in [0.5, 0.6) is 5.75 Å². The van der Waals surface area contributed by atoms with Crippen LogP contribution in [0.15, 0.2) is 24.3 Å². The van der Waals surface area contributed by atoms with E-state index in [-0.39, 0.29) is 24.9 Å². The summed E-state index contributed by atoms with van der Waals surface area (Å²) in [5.41, 5.74) is 0.563. The molecule has 140 valence electrons. The topological polar surface area (TPSA) is 88.5 Å². The minimum absolute atomic E-state index is 0.0841. The summed E-state index contributed by atoms with van der Waals surface area (Å²) < 4.78 is 18.4. The molecule has 0 aliphatic heterocycles. The minimum atomic E-state index is -0.915. The number of amides is 1.